The van der Waals surface area contributed by atoms with Gasteiger partial charge >= 0.3 is 0 Å². The van der Waals surface area contributed by atoms with Gasteiger partial charge < -0.3 is 4.57 Å². The number of imidazole rings is 1. The van der Waals surface area contributed by atoms with E-state index in [1.54, 1.807) is 12.5 Å². The van der Waals surface area contributed by atoms with Crippen LogP contribution >= 0.6 is 0 Å². The Morgan fingerprint density at radius 3 is 2.86 bits per heavy atom. The van der Waals surface area contributed by atoms with Crippen molar-refractivity contribution in [2.45, 2.75) is 6.92 Å². The lowest BCUT2D eigenvalue weighted by Gasteiger charge is -2.08. The van der Waals surface area contributed by atoms with E-state index in [9.17, 15) is 0 Å². The Kier molecular flexibility index (Phi) is 2.47. The molecule has 5 nitrogen and oxygen atoms in total. The van der Waals surface area contributed by atoms with E-state index in [4.69, 9.17) is 0 Å². The maximum Gasteiger partial charge on any atom is 0.181 e. The summed E-state index contributed by atoms with van der Waals surface area (Å²) in [5, 5.41) is 1.06. The summed E-state index contributed by atoms with van der Waals surface area (Å²) < 4.78 is 1.91. The van der Waals surface area contributed by atoms with Crippen LogP contribution in [-0.2, 0) is 7.05 Å². The van der Waals surface area contributed by atoms with Crippen molar-refractivity contribution < 1.29 is 0 Å². The fourth-order valence-corrected chi connectivity index (χ4v) is 2.59. The zero-order chi connectivity index (χ0) is 14.4. The van der Waals surface area contributed by atoms with Gasteiger partial charge in [-0.05, 0) is 24.6 Å². The molecule has 0 radical (unpaired) electrons. The van der Waals surface area contributed by atoms with Gasteiger partial charge in [0.2, 0.25) is 0 Å². The van der Waals surface area contributed by atoms with Gasteiger partial charge in [-0.2, -0.15) is 0 Å². The van der Waals surface area contributed by atoms with Gasteiger partial charge in [0.15, 0.2) is 11.5 Å². The number of aromatic nitrogens is 5. The zero-order valence-electron chi connectivity index (χ0n) is 11.8. The second-order valence-corrected chi connectivity index (χ2v) is 5.09. The first-order valence-corrected chi connectivity index (χ1v) is 6.73. The van der Waals surface area contributed by atoms with Gasteiger partial charge in [-0.3, -0.25) is 4.98 Å². The minimum absolute atomic E-state index is 0.692. The number of aryl methyl sites for hydroxylation is 2. The average Bonchev–Trinajstić information content (AvgIpc) is 2.88. The predicted octanol–water partition coefficient (Wildman–Crippen LogP) is 2.89. The molecule has 0 aliphatic rings. The van der Waals surface area contributed by atoms with E-state index in [1.807, 2.05) is 29.9 Å². The summed E-state index contributed by atoms with van der Waals surface area (Å²) in [5.74, 6) is 0.692. The molecule has 0 saturated carbocycles. The van der Waals surface area contributed by atoms with Gasteiger partial charge in [-0.1, -0.05) is 12.1 Å². The van der Waals surface area contributed by atoms with E-state index >= 15 is 0 Å². The Bertz CT molecular complexity index is 971. The van der Waals surface area contributed by atoms with Crippen LogP contribution in [0.25, 0.3) is 33.5 Å². The van der Waals surface area contributed by atoms with Gasteiger partial charge in [-0.15, -0.1) is 0 Å². The highest BCUT2D eigenvalue weighted by Crippen LogP contribution is 2.29. The van der Waals surface area contributed by atoms with Crippen LogP contribution in [0.5, 0.6) is 0 Å². The molecule has 5 heteroatoms. The lowest BCUT2D eigenvalue weighted by atomic mass is 10.0. The molecule has 3 aromatic heterocycles. The third-order valence-electron chi connectivity index (χ3n) is 3.70. The van der Waals surface area contributed by atoms with E-state index in [2.05, 4.69) is 39.0 Å². The smallest absolute Gasteiger partial charge is 0.181 e. The van der Waals surface area contributed by atoms with Gasteiger partial charge in [0.25, 0.3) is 0 Å². The van der Waals surface area contributed by atoms with Gasteiger partial charge in [-0.25, -0.2) is 15.0 Å². The summed E-state index contributed by atoms with van der Waals surface area (Å²) in [5.41, 5.74) is 4.74. The highest BCUT2D eigenvalue weighted by molar-refractivity contribution is 5.95. The first-order valence-electron chi connectivity index (χ1n) is 6.73. The van der Waals surface area contributed by atoms with Crippen LogP contribution in [0.3, 0.4) is 0 Å². The molecule has 0 fully saturated rings. The lowest BCUT2D eigenvalue weighted by Crippen LogP contribution is -1.95. The largest absolute Gasteiger partial charge is 0.331 e. The molecule has 0 bridgehead atoms. The fraction of sp³-hybridized carbons (Fsp3) is 0.125. The molecule has 0 saturated heterocycles. The SMILES string of the molecule is Cc1ccc2ncccc2c1-c1ncc2c(ncn2C)n1. The molecule has 102 valence electrons. The molecule has 3 heterocycles. The molecule has 0 amide bonds. The van der Waals surface area contributed by atoms with Gasteiger partial charge in [0.05, 0.1) is 18.0 Å². The van der Waals surface area contributed by atoms with Crippen molar-refractivity contribution in [2.24, 2.45) is 7.05 Å². The lowest BCUT2D eigenvalue weighted by molar-refractivity contribution is 0.944. The Morgan fingerprint density at radius 1 is 1.05 bits per heavy atom. The topological polar surface area (TPSA) is 56.5 Å². The molecule has 4 rings (SSSR count). The van der Waals surface area contributed by atoms with Crippen LogP contribution in [0.2, 0.25) is 0 Å². The standard InChI is InChI=1S/C16H13N5/c1-10-5-6-12-11(4-3-7-17-12)14(10)16-18-8-13-15(20-16)19-9-21(13)2/h3-9H,1-2H3. The third-order valence-corrected chi connectivity index (χ3v) is 3.70. The number of pyridine rings is 1. The molecular formula is C16H13N5. The minimum atomic E-state index is 0.692. The molecule has 21 heavy (non-hydrogen) atoms. The highest BCUT2D eigenvalue weighted by Gasteiger charge is 2.12. The predicted molar refractivity (Wildman–Crippen MR) is 81.8 cm³/mol. The van der Waals surface area contributed by atoms with E-state index in [0.29, 0.717) is 11.5 Å². The molecule has 0 N–H and O–H groups in total. The second-order valence-electron chi connectivity index (χ2n) is 5.09. The maximum atomic E-state index is 4.61. The van der Waals surface area contributed by atoms with Crippen molar-refractivity contribution in [1.82, 2.24) is 24.5 Å². The first-order chi connectivity index (χ1) is 10.2. The van der Waals surface area contributed by atoms with Gasteiger partial charge in [0, 0.05) is 24.2 Å². The highest BCUT2D eigenvalue weighted by atomic mass is 15.1. The van der Waals surface area contributed by atoms with Gasteiger partial charge in [0.1, 0.15) is 5.52 Å². The molecule has 4 aromatic rings. The molecule has 0 unspecified atom stereocenters. The summed E-state index contributed by atoms with van der Waals surface area (Å²) >= 11 is 0. The van der Waals surface area contributed by atoms with Crippen molar-refractivity contribution in [3.05, 3.63) is 48.5 Å². The van der Waals surface area contributed by atoms with Crippen molar-refractivity contribution in [3.8, 4) is 11.4 Å². The van der Waals surface area contributed by atoms with Crippen LogP contribution < -0.4 is 0 Å². The fourth-order valence-electron chi connectivity index (χ4n) is 2.59. The Hall–Kier alpha value is -2.82. The maximum absolute atomic E-state index is 4.61. The summed E-state index contributed by atoms with van der Waals surface area (Å²) in [6.45, 7) is 2.06. The Morgan fingerprint density at radius 2 is 1.95 bits per heavy atom. The number of hydrogen-bond donors (Lipinski definition) is 0. The number of rotatable bonds is 1. The van der Waals surface area contributed by atoms with Crippen LogP contribution in [0.4, 0.5) is 0 Å². The van der Waals surface area contributed by atoms with Crippen molar-refractivity contribution in [1.29, 1.82) is 0 Å². The monoisotopic (exact) mass is 275 g/mol. The normalized spacial score (nSPS) is 11.3. The number of nitrogens with zero attached hydrogens (tertiary/aromatic N) is 5. The van der Waals surface area contributed by atoms with Crippen LogP contribution in [0, 0.1) is 6.92 Å². The quantitative estimate of drug-likeness (QED) is 0.536. The molecule has 1 aromatic carbocycles. The van der Waals surface area contributed by atoms with E-state index in [-0.39, 0.29) is 0 Å². The van der Waals surface area contributed by atoms with Crippen molar-refractivity contribution >= 4 is 22.1 Å². The zero-order valence-corrected chi connectivity index (χ0v) is 11.8. The summed E-state index contributed by atoms with van der Waals surface area (Å²) in [4.78, 5) is 17.8. The second kappa shape index (κ2) is 4.34. The molecule has 0 aliphatic carbocycles. The van der Waals surface area contributed by atoms with Crippen LogP contribution in [-0.4, -0.2) is 24.5 Å². The average molecular weight is 275 g/mol. The Labute approximate surface area is 121 Å². The number of fused-ring (bicyclic) bond motifs is 2. The molecule has 0 atom stereocenters. The molecular weight excluding hydrogens is 262 g/mol. The third kappa shape index (κ3) is 1.78. The number of hydrogen-bond acceptors (Lipinski definition) is 4. The van der Waals surface area contributed by atoms with E-state index < -0.39 is 0 Å². The number of benzene rings is 1. The van der Waals surface area contributed by atoms with Crippen LogP contribution in [0.15, 0.2) is 43.0 Å². The molecule has 0 spiro atoms. The summed E-state index contributed by atoms with van der Waals surface area (Å²) in [7, 11) is 1.94. The first kappa shape index (κ1) is 12.0. The van der Waals surface area contributed by atoms with Crippen molar-refractivity contribution in [3.63, 3.8) is 0 Å². The minimum Gasteiger partial charge on any atom is -0.331 e. The molecule has 0 aliphatic heterocycles. The Balaban J connectivity index is 2.05. The van der Waals surface area contributed by atoms with E-state index in [0.717, 1.165) is 27.5 Å². The van der Waals surface area contributed by atoms with E-state index in [1.165, 1.54) is 0 Å². The van der Waals surface area contributed by atoms with Crippen molar-refractivity contribution in [2.75, 3.05) is 0 Å². The summed E-state index contributed by atoms with van der Waals surface area (Å²) in [6.07, 6.45) is 5.37. The van der Waals surface area contributed by atoms with Crippen LogP contribution in [0.1, 0.15) is 5.56 Å². The summed E-state index contributed by atoms with van der Waals surface area (Å²) in [6, 6.07) is 8.06.